The Kier molecular flexibility index (Phi) is 4.97. The fourth-order valence-electron chi connectivity index (χ4n) is 3.44. The number of carboxylic acid groups (broad SMARTS) is 1. The van der Waals surface area contributed by atoms with E-state index in [9.17, 15) is 14.0 Å². The largest absolute Gasteiger partial charge is 0.481 e. The first-order chi connectivity index (χ1) is 11.9. The number of hydrogen-bond acceptors (Lipinski definition) is 3. The summed E-state index contributed by atoms with van der Waals surface area (Å²) in [5, 5.41) is 9.57. The Labute approximate surface area is 145 Å². The van der Waals surface area contributed by atoms with Crippen molar-refractivity contribution in [3.8, 4) is 0 Å². The van der Waals surface area contributed by atoms with Crippen LogP contribution in [-0.4, -0.2) is 40.0 Å². The van der Waals surface area contributed by atoms with Gasteiger partial charge in [0.05, 0.1) is 16.8 Å². The maximum atomic E-state index is 13.3. The number of carbonyl (C=O) groups excluding carboxylic acids is 1. The summed E-state index contributed by atoms with van der Waals surface area (Å²) in [5.74, 6) is -1.02. The van der Waals surface area contributed by atoms with Gasteiger partial charge in [0, 0.05) is 31.0 Å². The SMILES string of the molecule is Cc1nc2cc(F)ccc2cc1C(=O)N1CCC[C@@H](CCC(=O)O)C1. The van der Waals surface area contributed by atoms with E-state index in [-0.39, 0.29) is 24.1 Å². The van der Waals surface area contributed by atoms with Gasteiger partial charge in [0.1, 0.15) is 5.82 Å². The molecule has 25 heavy (non-hydrogen) atoms. The molecule has 0 bridgehead atoms. The van der Waals surface area contributed by atoms with Crippen LogP contribution in [0.25, 0.3) is 10.9 Å². The van der Waals surface area contributed by atoms with E-state index >= 15 is 0 Å². The number of pyridine rings is 1. The van der Waals surface area contributed by atoms with Gasteiger partial charge in [0.15, 0.2) is 0 Å². The predicted octanol–water partition coefficient (Wildman–Crippen LogP) is 3.40. The Bertz CT molecular complexity index is 822. The first-order valence-electron chi connectivity index (χ1n) is 8.52. The summed E-state index contributed by atoms with van der Waals surface area (Å²) in [4.78, 5) is 29.8. The van der Waals surface area contributed by atoms with Crippen LogP contribution in [0.2, 0.25) is 0 Å². The van der Waals surface area contributed by atoms with Crippen molar-refractivity contribution in [2.45, 2.75) is 32.6 Å². The van der Waals surface area contributed by atoms with E-state index in [1.54, 1.807) is 24.0 Å². The van der Waals surface area contributed by atoms with Crippen molar-refractivity contribution in [3.63, 3.8) is 0 Å². The quantitative estimate of drug-likeness (QED) is 0.923. The Morgan fingerprint density at radius 1 is 1.36 bits per heavy atom. The van der Waals surface area contributed by atoms with Crippen LogP contribution in [0.1, 0.15) is 41.7 Å². The van der Waals surface area contributed by atoms with Crippen LogP contribution in [0.15, 0.2) is 24.3 Å². The zero-order valence-electron chi connectivity index (χ0n) is 14.2. The summed E-state index contributed by atoms with van der Waals surface area (Å²) in [6.07, 6.45) is 2.55. The number of piperidine rings is 1. The minimum absolute atomic E-state index is 0.0868. The summed E-state index contributed by atoms with van der Waals surface area (Å²) in [6.45, 7) is 3.00. The summed E-state index contributed by atoms with van der Waals surface area (Å²) in [7, 11) is 0. The number of aliphatic carboxylic acids is 1. The van der Waals surface area contributed by atoms with E-state index < -0.39 is 5.97 Å². The van der Waals surface area contributed by atoms with Crippen molar-refractivity contribution in [1.29, 1.82) is 0 Å². The van der Waals surface area contributed by atoms with Crippen molar-refractivity contribution in [2.24, 2.45) is 5.92 Å². The van der Waals surface area contributed by atoms with Crippen molar-refractivity contribution < 1.29 is 19.1 Å². The summed E-state index contributed by atoms with van der Waals surface area (Å²) < 4.78 is 13.3. The number of carboxylic acids is 1. The van der Waals surface area contributed by atoms with Gasteiger partial charge in [-0.05, 0) is 50.3 Å². The van der Waals surface area contributed by atoms with Crippen LogP contribution in [0, 0.1) is 18.7 Å². The van der Waals surface area contributed by atoms with Gasteiger partial charge in [-0.3, -0.25) is 14.6 Å². The third-order valence-electron chi connectivity index (χ3n) is 4.77. The number of nitrogens with zero attached hydrogens (tertiary/aromatic N) is 2. The summed E-state index contributed by atoms with van der Waals surface area (Å²) in [6, 6.07) is 6.11. The second-order valence-corrected chi connectivity index (χ2v) is 6.65. The molecular formula is C19H21FN2O3. The number of halogens is 1. The van der Waals surface area contributed by atoms with E-state index in [0.717, 1.165) is 18.2 Å². The molecule has 5 nitrogen and oxygen atoms in total. The highest BCUT2D eigenvalue weighted by atomic mass is 19.1. The average Bonchev–Trinajstić information content (AvgIpc) is 2.59. The van der Waals surface area contributed by atoms with Crippen LogP contribution in [0.4, 0.5) is 4.39 Å². The summed E-state index contributed by atoms with van der Waals surface area (Å²) in [5.41, 5.74) is 1.64. The molecule has 1 N–H and O–H groups in total. The molecule has 0 saturated carbocycles. The summed E-state index contributed by atoms with van der Waals surface area (Å²) >= 11 is 0. The van der Waals surface area contributed by atoms with Crippen LogP contribution in [0.5, 0.6) is 0 Å². The number of rotatable bonds is 4. The molecule has 3 rings (SSSR count). The number of benzene rings is 1. The lowest BCUT2D eigenvalue weighted by atomic mass is 9.93. The van der Waals surface area contributed by atoms with Crippen LogP contribution in [-0.2, 0) is 4.79 Å². The normalized spacial score (nSPS) is 17.7. The van der Waals surface area contributed by atoms with Crippen molar-refractivity contribution in [3.05, 3.63) is 41.3 Å². The Morgan fingerprint density at radius 2 is 2.16 bits per heavy atom. The lowest BCUT2D eigenvalue weighted by molar-refractivity contribution is -0.137. The predicted molar refractivity (Wildman–Crippen MR) is 91.9 cm³/mol. The molecule has 0 unspecified atom stereocenters. The van der Waals surface area contributed by atoms with E-state index in [2.05, 4.69) is 4.98 Å². The van der Waals surface area contributed by atoms with Crippen molar-refractivity contribution in [1.82, 2.24) is 9.88 Å². The van der Waals surface area contributed by atoms with E-state index in [4.69, 9.17) is 5.11 Å². The average molecular weight is 344 g/mol. The minimum atomic E-state index is -0.801. The van der Waals surface area contributed by atoms with E-state index in [1.165, 1.54) is 12.1 Å². The molecule has 1 aliphatic rings. The molecule has 1 amide bonds. The van der Waals surface area contributed by atoms with Gasteiger partial charge < -0.3 is 10.0 Å². The molecule has 6 heteroatoms. The highest BCUT2D eigenvalue weighted by Crippen LogP contribution is 2.24. The maximum Gasteiger partial charge on any atom is 0.303 e. The number of carbonyl (C=O) groups is 2. The molecule has 0 radical (unpaired) electrons. The maximum absolute atomic E-state index is 13.3. The number of fused-ring (bicyclic) bond motifs is 1. The third kappa shape index (κ3) is 3.95. The lowest BCUT2D eigenvalue weighted by Gasteiger charge is -2.33. The molecule has 0 aliphatic carbocycles. The van der Waals surface area contributed by atoms with Gasteiger partial charge >= 0.3 is 5.97 Å². The number of aromatic nitrogens is 1. The Balaban J connectivity index is 1.80. The van der Waals surface area contributed by atoms with Crippen LogP contribution >= 0.6 is 0 Å². The number of aryl methyl sites for hydroxylation is 1. The van der Waals surface area contributed by atoms with Gasteiger partial charge in [-0.2, -0.15) is 0 Å². The Morgan fingerprint density at radius 3 is 2.92 bits per heavy atom. The standard InChI is InChI=1S/C19H21FN2O3/c1-12-16(9-14-5-6-15(20)10-17(14)21-12)19(25)22-8-2-3-13(11-22)4-7-18(23)24/h5-6,9-10,13H,2-4,7-8,11H2,1H3,(H,23,24)/t13-/m0/s1. The highest BCUT2D eigenvalue weighted by molar-refractivity contribution is 5.98. The lowest BCUT2D eigenvalue weighted by Crippen LogP contribution is -2.40. The molecule has 0 spiro atoms. The molecule has 2 heterocycles. The smallest absolute Gasteiger partial charge is 0.303 e. The molecule has 1 aromatic heterocycles. The van der Waals surface area contributed by atoms with Gasteiger partial charge in [-0.15, -0.1) is 0 Å². The topological polar surface area (TPSA) is 70.5 Å². The Hall–Kier alpha value is -2.50. The second kappa shape index (κ2) is 7.17. The highest BCUT2D eigenvalue weighted by Gasteiger charge is 2.26. The molecular weight excluding hydrogens is 323 g/mol. The molecule has 1 fully saturated rings. The minimum Gasteiger partial charge on any atom is -0.481 e. The zero-order chi connectivity index (χ0) is 18.0. The van der Waals surface area contributed by atoms with Gasteiger partial charge in [0.2, 0.25) is 0 Å². The van der Waals surface area contributed by atoms with Gasteiger partial charge in [-0.25, -0.2) is 4.39 Å². The molecule has 1 atom stereocenters. The number of likely N-dealkylation sites (tertiary alicyclic amines) is 1. The van der Waals surface area contributed by atoms with Crippen molar-refractivity contribution >= 4 is 22.8 Å². The number of amides is 1. The fraction of sp³-hybridized carbons (Fsp3) is 0.421. The monoisotopic (exact) mass is 344 g/mol. The van der Waals surface area contributed by atoms with Crippen molar-refractivity contribution in [2.75, 3.05) is 13.1 Å². The first-order valence-corrected chi connectivity index (χ1v) is 8.52. The molecule has 1 saturated heterocycles. The van der Waals surface area contributed by atoms with E-state index in [1.807, 2.05) is 0 Å². The number of hydrogen-bond donors (Lipinski definition) is 1. The zero-order valence-corrected chi connectivity index (χ0v) is 14.2. The van der Waals surface area contributed by atoms with Gasteiger partial charge in [-0.1, -0.05) is 0 Å². The fourth-order valence-corrected chi connectivity index (χ4v) is 3.44. The molecule has 1 aromatic carbocycles. The first kappa shape index (κ1) is 17.3. The third-order valence-corrected chi connectivity index (χ3v) is 4.77. The van der Waals surface area contributed by atoms with Gasteiger partial charge in [0.25, 0.3) is 5.91 Å². The van der Waals surface area contributed by atoms with Crippen LogP contribution < -0.4 is 0 Å². The molecule has 2 aromatic rings. The van der Waals surface area contributed by atoms with Crippen LogP contribution in [0.3, 0.4) is 0 Å². The molecule has 132 valence electrons. The van der Waals surface area contributed by atoms with E-state index in [0.29, 0.717) is 36.3 Å². The molecule has 1 aliphatic heterocycles. The second-order valence-electron chi connectivity index (χ2n) is 6.65.